The van der Waals surface area contributed by atoms with Gasteiger partial charge in [-0.3, -0.25) is 0 Å². The van der Waals surface area contributed by atoms with E-state index in [9.17, 15) is 8.78 Å². The van der Waals surface area contributed by atoms with E-state index in [0.717, 1.165) is 19.3 Å². The maximum atomic E-state index is 14.6. The summed E-state index contributed by atoms with van der Waals surface area (Å²) in [6.45, 7) is 4.44. The second-order valence-electron chi connectivity index (χ2n) is 5.72. The molecule has 0 saturated carbocycles. The van der Waals surface area contributed by atoms with Crippen LogP contribution in [0.1, 0.15) is 38.7 Å². The maximum absolute atomic E-state index is 14.6. The molecule has 0 aliphatic heterocycles. The van der Waals surface area contributed by atoms with E-state index in [1.807, 2.05) is 6.92 Å². The Hall–Kier alpha value is -2.10. The largest absolute Gasteiger partial charge is 0.490 e. The van der Waals surface area contributed by atoms with E-state index in [1.54, 1.807) is 24.3 Å². The number of benzene rings is 2. The van der Waals surface area contributed by atoms with Crippen LogP contribution in [0.25, 0.3) is 21.9 Å². The van der Waals surface area contributed by atoms with Crippen molar-refractivity contribution in [3.8, 4) is 5.75 Å². The van der Waals surface area contributed by atoms with Gasteiger partial charge in [-0.1, -0.05) is 26.3 Å². The standard InChI is InChI=1S/C19H20F2O2/c1-3-5-6-12-7-8-13-14-9-10-15(22-11-4-2)17(21)19(14)23-18(13)16(12)20/h7-10H,3-6,11H2,1-2H3. The van der Waals surface area contributed by atoms with E-state index in [4.69, 9.17) is 9.15 Å². The van der Waals surface area contributed by atoms with Gasteiger partial charge in [-0.05, 0) is 43.0 Å². The number of unbranched alkanes of at least 4 members (excludes halogenated alkanes) is 1. The predicted molar refractivity (Wildman–Crippen MR) is 88.0 cm³/mol. The van der Waals surface area contributed by atoms with Gasteiger partial charge in [0.15, 0.2) is 22.7 Å². The van der Waals surface area contributed by atoms with Crippen molar-refractivity contribution >= 4 is 21.9 Å². The summed E-state index contributed by atoms with van der Waals surface area (Å²) in [7, 11) is 0. The first-order valence-electron chi connectivity index (χ1n) is 8.12. The van der Waals surface area contributed by atoms with E-state index < -0.39 is 5.82 Å². The van der Waals surface area contributed by atoms with Gasteiger partial charge >= 0.3 is 0 Å². The molecule has 2 aromatic carbocycles. The molecule has 3 rings (SSSR count). The molecule has 1 aromatic heterocycles. The third kappa shape index (κ3) is 2.78. The van der Waals surface area contributed by atoms with Crippen LogP contribution in [-0.2, 0) is 6.42 Å². The van der Waals surface area contributed by atoms with Crippen molar-refractivity contribution in [1.29, 1.82) is 0 Å². The Morgan fingerprint density at radius 3 is 2.30 bits per heavy atom. The van der Waals surface area contributed by atoms with Crippen molar-refractivity contribution in [2.75, 3.05) is 6.61 Å². The van der Waals surface area contributed by atoms with Gasteiger partial charge in [-0.25, -0.2) is 4.39 Å². The molecule has 0 N–H and O–H groups in total. The Labute approximate surface area is 134 Å². The molecule has 0 bridgehead atoms. The van der Waals surface area contributed by atoms with E-state index in [1.165, 1.54) is 0 Å². The van der Waals surface area contributed by atoms with Gasteiger partial charge in [-0.15, -0.1) is 0 Å². The molecule has 122 valence electrons. The predicted octanol–water partition coefficient (Wildman–Crippen LogP) is 6.00. The highest BCUT2D eigenvalue weighted by Gasteiger charge is 2.19. The lowest BCUT2D eigenvalue weighted by atomic mass is 10.0. The van der Waals surface area contributed by atoms with Crippen molar-refractivity contribution in [2.45, 2.75) is 39.5 Å². The molecule has 0 radical (unpaired) electrons. The molecule has 2 nitrogen and oxygen atoms in total. The van der Waals surface area contributed by atoms with E-state index in [2.05, 4.69) is 6.92 Å². The molecule has 0 saturated heterocycles. The molecule has 0 unspecified atom stereocenters. The van der Waals surface area contributed by atoms with E-state index in [0.29, 0.717) is 29.4 Å². The highest BCUT2D eigenvalue weighted by Crippen LogP contribution is 2.36. The van der Waals surface area contributed by atoms with Crippen LogP contribution in [0.2, 0.25) is 0 Å². The van der Waals surface area contributed by atoms with Crippen LogP contribution >= 0.6 is 0 Å². The van der Waals surface area contributed by atoms with Crippen molar-refractivity contribution in [2.24, 2.45) is 0 Å². The first kappa shape index (κ1) is 15.8. The molecule has 1 heterocycles. The summed E-state index contributed by atoms with van der Waals surface area (Å²) in [5.74, 6) is -0.811. The fourth-order valence-corrected chi connectivity index (χ4v) is 2.74. The van der Waals surface area contributed by atoms with Gasteiger partial charge in [0.1, 0.15) is 0 Å². The summed E-state index contributed by atoms with van der Waals surface area (Å²) in [6.07, 6.45) is 3.34. The quantitative estimate of drug-likeness (QED) is 0.556. The fourth-order valence-electron chi connectivity index (χ4n) is 2.74. The number of fused-ring (bicyclic) bond motifs is 3. The highest BCUT2D eigenvalue weighted by molar-refractivity contribution is 6.05. The minimum absolute atomic E-state index is 0.0557. The SMILES string of the molecule is CCCCc1ccc2c(oc3c(F)c(OCCC)ccc32)c1F. The van der Waals surface area contributed by atoms with Crippen LogP contribution in [0.5, 0.6) is 5.75 Å². The number of hydrogen-bond acceptors (Lipinski definition) is 2. The zero-order valence-corrected chi connectivity index (χ0v) is 13.4. The van der Waals surface area contributed by atoms with Gasteiger partial charge in [0.2, 0.25) is 5.82 Å². The minimum atomic E-state index is -0.568. The number of furan rings is 1. The summed E-state index contributed by atoms with van der Waals surface area (Å²) in [5, 5.41) is 1.17. The molecule has 23 heavy (non-hydrogen) atoms. The van der Waals surface area contributed by atoms with Gasteiger partial charge in [0.05, 0.1) is 6.61 Å². The molecule has 0 aliphatic rings. The maximum Gasteiger partial charge on any atom is 0.208 e. The van der Waals surface area contributed by atoms with Crippen LogP contribution in [0.15, 0.2) is 28.7 Å². The van der Waals surface area contributed by atoms with Gasteiger partial charge in [0, 0.05) is 10.8 Å². The van der Waals surface area contributed by atoms with Crippen molar-refractivity contribution in [3.05, 3.63) is 41.5 Å². The van der Waals surface area contributed by atoms with Crippen LogP contribution in [0.4, 0.5) is 8.78 Å². The second kappa shape index (κ2) is 6.57. The normalized spacial score (nSPS) is 11.5. The third-order valence-corrected chi connectivity index (χ3v) is 3.99. The number of halogens is 2. The molecular weight excluding hydrogens is 298 g/mol. The van der Waals surface area contributed by atoms with Gasteiger partial charge in [-0.2, -0.15) is 4.39 Å². The summed E-state index contributed by atoms with van der Waals surface area (Å²) in [6, 6.07) is 6.87. The Balaban J connectivity index is 2.13. The lowest BCUT2D eigenvalue weighted by Gasteiger charge is -2.05. The van der Waals surface area contributed by atoms with Crippen molar-refractivity contribution < 1.29 is 17.9 Å². The van der Waals surface area contributed by atoms with E-state index in [-0.39, 0.29) is 22.7 Å². The average molecular weight is 318 g/mol. The van der Waals surface area contributed by atoms with Crippen LogP contribution in [0, 0.1) is 11.6 Å². The lowest BCUT2D eigenvalue weighted by molar-refractivity contribution is 0.301. The Bertz CT molecular complexity index is 768. The zero-order chi connectivity index (χ0) is 16.4. The number of rotatable bonds is 6. The Kier molecular flexibility index (Phi) is 4.51. The molecule has 0 amide bonds. The Morgan fingerprint density at radius 2 is 1.61 bits per heavy atom. The number of ether oxygens (including phenoxy) is 1. The summed E-state index contributed by atoms with van der Waals surface area (Å²) in [5.41, 5.74) is 0.793. The first-order valence-corrected chi connectivity index (χ1v) is 8.12. The van der Waals surface area contributed by atoms with Crippen molar-refractivity contribution in [3.63, 3.8) is 0 Å². The number of aryl methyl sites for hydroxylation is 1. The summed E-state index contributed by atoms with van der Waals surface area (Å²) >= 11 is 0. The molecule has 0 aliphatic carbocycles. The Morgan fingerprint density at radius 1 is 0.913 bits per heavy atom. The van der Waals surface area contributed by atoms with Gasteiger partial charge in [0.25, 0.3) is 0 Å². The van der Waals surface area contributed by atoms with Gasteiger partial charge < -0.3 is 9.15 Å². The average Bonchev–Trinajstić information content (AvgIpc) is 2.94. The molecule has 0 fully saturated rings. The molecule has 4 heteroatoms. The van der Waals surface area contributed by atoms with E-state index >= 15 is 0 Å². The number of hydrogen-bond donors (Lipinski definition) is 0. The summed E-state index contributed by atoms with van der Waals surface area (Å²) < 4.78 is 40.0. The smallest absolute Gasteiger partial charge is 0.208 e. The zero-order valence-electron chi connectivity index (χ0n) is 13.4. The topological polar surface area (TPSA) is 22.4 Å². The monoisotopic (exact) mass is 318 g/mol. The molecular formula is C19H20F2O2. The van der Waals surface area contributed by atoms with Crippen molar-refractivity contribution in [1.82, 2.24) is 0 Å². The molecule has 0 atom stereocenters. The van der Waals surface area contributed by atoms with Crippen LogP contribution < -0.4 is 4.74 Å². The second-order valence-corrected chi connectivity index (χ2v) is 5.72. The van der Waals surface area contributed by atoms with Crippen LogP contribution in [0.3, 0.4) is 0 Å². The fraction of sp³-hybridized carbons (Fsp3) is 0.368. The van der Waals surface area contributed by atoms with Crippen LogP contribution in [-0.4, -0.2) is 6.61 Å². The summed E-state index contributed by atoms with van der Waals surface area (Å²) in [4.78, 5) is 0. The molecule has 3 aromatic rings. The minimum Gasteiger partial charge on any atom is -0.490 e. The molecule has 0 spiro atoms. The third-order valence-electron chi connectivity index (χ3n) is 3.99. The first-order chi connectivity index (χ1) is 11.2. The highest BCUT2D eigenvalue weighted by atomic mass is 19.1. The lowest BCUT2D eigenvalue weighted by Crippen LogP contribution is -1.97.